The van der Waals surface area contributed by atoms with E-state index < -0.39 is 11.6 Å². The molecule has 5 nitrogen and oxygen atoms in total. The van der Waals surface area contributed by atoms with Crippen molar-refractivity contribution in [1.82, 2.24) is 0 Å². The second kappa shape index (κ2) is 5.14. The summed E-state index contributed by atoms with van der Waals surface area (Å²) in [5, 5.41) is 10.2. The highest BCUT2D eigenvalue weighted by atomic mass is 16.5. The molecule has 0 radical (unpaired) electrons. The molecular formula is C11H17NO4. The van der Waals surface area contributed by atoms with Crippen LogP contribution in [0.3, 0.4) is 0 Å². The monoisotopic (exact) mass is 227 g/mol. The van der Waals surface area contributed by atoms with Crippen LogP contribution in [0.25, 0.3) is 0 Å². The number of aliphatic hydroxyl groups is 1. The topological polar surface area (TPSA) is 85.7 Å². The Morgan fingerprint density at radius 1 is 1.62 bits per heavy atom. The predicted molar refractivity (Wildman–Crippen MR) is 57.9 cm³/mol. The van der Waals surface area contributed by atoms with Gasteiger partial charge in [-0.25, -0.2) is 4.79 Å². The lowest BCUT2D eigenvalue weighted by Gasteiger charge is -2.23. The zero-order chi connectivity index (χ0) is 12.2. The van der Waals surface area contributed by atoms with Crippen LogP contribution in [-0.2, 0) is 10.3 Å². The quantitative estimate of drug-likeness (QED) is 0.733. The van der Waals surface area contributed by atoms with E-state index in [9.17, 15) is 9.90 Å². The minimum atomic E-state index is -1.21. The molecule has 1 rings (SSSR count). The fourth-order valence-electron chi connectivity index (χ4n) is 1.54. The van der Waals surface area contributed by atoms with E-state index in [0.717, 1.165) is 6.42 Å². The van der Waals surface area contributed by atoms with E-state index in [1.54, 1.807) is 6.07 Å². The van der Waals surface area contributed by atoms with Gasteiger partial charge in [0, 0.05) is 6.54 Å². The van der Waals surface area contributed by atoms with Crippen molar-refractivity contribution < 1.29 is 19.1 Å². The van der Waals surface area contributed by atoms with Crippen molar-refractivity contribution in [3.63, 3.8) is 0 Å². The van der Waals surface area contributed by atoms with Crippen LogP contribution in [0.15, 0.2) is 16.5 Å². The summed E-state index contributed by atoms with van der Waals surface area (Å²) in [5.41, 5.74) is 4.31. The number of hydrogen-bond acceptors (Lipinski definition) is 5. The Morgan fingerprint density at radius 2 is 2.31 bits per heavy atom. The van der Waals surface area contributed by atoms with Crippen molar-refractivity contribution in [2.75, 3.05) is 13.7 Å². The third-order valence-electron chi connectivity index (χ3n) is 2.45. The Bertz CT molecular complexity index is 361. The molecule has 0 saturated carbocycles. The van der Waals surface area contributed by atoms with Crippen molar-refractivity contribution in [3.8, 4) is 0 Å². The fraction of sp³-hybridized carbons (Fsp3) is 0.545. The van der Waals surface area contributed by atoms with Crippen molar-refractivity contribution >= 4 is 5.97 Å². The van der Waals surface area contributed by atoms with Crippen LogP contribution in [0.2, 0.25) is 0 Å². The van der Waals surface area contributed by atoms with Crippen LogP contribution in [0, 0.1) is 0 Å². The summed E-state index contributed by atoms with van der Waals surface area (Å²) in [7, 11) is 1.27. The highest BCUT2D eigenvalue weighted by Gasteiger charge is 2.31. The summed E-state index contributed by atoms with van der Waals surface area (Å²) < 4.78 is 9.75. The van der Waals surface area contributed by atoms with Gasteiger partial charge in [-0.15, -0.1) is 0 Å². The number of rotatable bonds is 5. The van der Waals surface area contributed by atoms with Crippen molar-refractivity contribution in [3.05, 3.63) is 23.7 Å². The number of carbonyl (C=O) groups excluding carboxylic acids is 1. The molecule has 0 spiro atoms. The van der Waals surface area contributed by atoms with Crippen molar-refractivity contribution in [1.29, 1.82) is 0 Å². The van der Waals surface area contributed by atoms with Crippen LogP contribution < -0.4 is 5.73 Å². The lowest BCUT2D eigenvalue weighted by atomic mass is 9.95. The number of hydrogen-bond donors (Lipinski definition) is 2. The summed E-state index contributed by atoms with van der Waals surface area (Å²) in [6.07, 6.45) is 1.25. The SMILES string of the molecule is CCCC(O)(CN)c1ccc(C(=O)OC)o1. The van der Waals surface area contributed by atoms with Crippen LogP contribution in [0.1, 0.15) is 36.1 Å². The van der Waals surface area contributed by atoms with Gasteiger partial charge in [-0.05, 0) is 18.6 Å². The average molecular weight is 227 g/mol. The molecule has 0 saturated heterocycles. The molecule has 0 bridgehead atoms. The minimum Gasteiger partial charge on any atom is -0.463 e. The van der Waals surface area contributed by atoms with Gasteiger partial charge in [-0.2, -0.15) is 0 Å². The van der Waals surface area contributed by atoms with E-state index in [1.807, 2.05) is 6.92 Å². The Morgan fingerprint density at radius 3 is 2.81 bits per heavy atom. The summed E-state index contributed by atoms with van der Waals surface area (Å²) in [4.78, 5) is 11.2. The lowest BCUT2D eigenvalue weighted by Crippen LogP contribution is -2.34. The Balaban J connectivity index is 2.95. The van der Waals surface area contributed by atoms with Crippen LogP contribution in [-0.4, -0.2) is 24.7 Å². The highest BCUT2D eigenvalue weighted by Crippen LogP contribution is 2.27. The lowest BCUT2D eigenvalue weighted by molar-refractivity contribution is 0.0122. The Labute approximate surface area is 94.2 Å². The van der Waals surface area contributed by atoms with Gasteiger partial charge in [0.05, 0.1) is 7.11 Å². The summed E-state index contributed by atoms with van der Waals surface area (Å²) >= 11 is 0. The Kier molecular flexibility index (Phi) is 4.09. The van der Waals surface area contributed by atoms with Gasteiger partial charge in [0.15, 0.2) is 0 Å². The van der Waals surface area contributed by atoms with Crippen LogP contribution >= 0.6 is 0 Å². The molecule has 0 aliphatic heterocycles. The van der Waals surface area contributed by atoms with Gasteiger partial charge in [0.1, 0.15) is 11.4 Å². The number of nitrogens with two attached hydrogens (primary N) is 1. The largest absolute Gasteiger partial charge is 0.463 e. The molecule has 0 aromatic carbocycles. The average Bonchev–Trinajstić information content (AvgIpc) is 2.78. The van der Waals surface area contributed by atoms with E-state index in [-0.39, 0.29) is 12.3 Å². The standard InChI is InChI=1S/C11H17NO4/c1-3-6-11(14,7-12)9-5-4-8(16-9)10(13)15-2/h4-5,14H,3,6-7,12H2,1-2H3. The zero-order valence-electron chi connectivity index (χ0n) is 9.53. The maximum atomic E-state index is 11.2. The predicted octanol–water partition coefficient (Wildman–Crippen LogP) is 1.01. The molecule has 1 aromatic heterocycles. The van der Waals surface area contributed by atoms with E-state index in [2.05, 4.69) is 4.74 Å². The first kappa shape index (κ1) is 12.7. The number of furan rings is 1. The van der Waals surface area contributed by atoms with E-state index in [0.29, 0.717) is 12.2 Å². The minimum absolute atomic E-state index is 0.0506. The molecule has 0 fully saturated rings. The molecule has 0 aliphatic carbocycles. The number of carbonyl (C=O) groups is 1. The fourth-order valence-corrected chi connectivity index (χ4v) is 1.54. The van der Waals surface area contributed by atoms with Crippen molar-refractivity contribution in [2.24, 2.45) is 5.73 Å². The molecule has 1 heterocycles. The normalized spacial score (nSPS) is 14.5. The third kappa shape index (κ3) is 2.43. The maximum Gasteiger partial charge on any atom is 0.373 e. The van der Waals surface area contributed by atoms with Gasteiger partial charge in [-0.3, -0.25) is 0 Å². The van der Waals surface area contributed by atoms with Gasteiger partial charge in [0.2, 0.25) is 5.76 Å². The first-order chi connectivity index (χ1) is 7.57. The van der Waals surface area contributed by atoms with E-state index >= 15 is 0 Å². The first-order valence-corrected chi connectivity index (χ1v) is 5.18. The molecule has 1 atom stereocenters. The van der Waals surface area contributed by atoms with E-state index in [4.69, 9.17) is 10.2 Å². The zero-order valence-corrected chi connectivity index (χ0v) is 9.53. The molecule has 3 N–H and O–H groups in total. The third-order valence-corrected chi connectivity index (χ3v) is 2.45. The number of ether oxygens (including phenoxy) is 1. The molecule has 5 heteroatoms. The second-order valence-corrected chi connectivity index (χ2v) is 3.64. The summed E-state index contributed by atoms with van der Waals surface area (Å²) in [6.45, 7) is 1.99. The van der Waals surface area contributed by atoms with Gasteiger partial charge in [-0.1, -0.05) is 13.3 Å². The number of esters is 1. The number of methoxy groups -OCH3 is 1. The van der Waals surface area contributed by atoms with Gasteiger partial charge >= 0.3 is 5.97 Å². The smallest absolute Gasteiger partial charge is 0.373 e. The summed E-state index contributed by atoms with van der Waals surface area (Å²) in [6, 6.07) is 3.02. The second-order valence-electron chi connectivity index (χ2n) is 3.64. The van der Waals surface area contributed by atoms with Gasteiger partial charge < -0.3 is 20.0 Å². The highest BCUT2D eigenvalue weighted by molar-refractivity contribution is 5.86. The first-order valence-electron chi connectivity index (χ1n) is 5.18. The Hall–Kier alpha value is -1.33. The molecule has 0 aliphatic rings. The molecule has 1 aromatic rings. The molecule has 16 heavy (non-hydrogen) atoms. The van der Waals surface area contributed by atoms with Crippen LogP contribution in [0.5, 0.6) is 0 Å². The maximum absolute atomic E-state index is 11.2. The molecular weight excluding hydrogens is 210 g/mol. The van der Waals surface area contributed by atoms with Crippen molar-refractivity contribution in [2.45, 2.75) is 25.4 Å². The van der Waals surface area contributed by atoms with Crippen LogP contribution in [0.4, 0.5) is 0 Å². The molecule has 90 valence electrons. The molecule has 0 amide bonds. The summed E-state index contributed by atoms with van der Waals surface area (Å²) in [5.74, 6) is -0.195. The van der Waals surface area contributed by atoms with Gasteiger partial charge in [0.25, 0.3) is 0 Å². The molecule has 1 unspecified atom stereocenters. The van der Waals surface area contributed by atoms with E-state index in [1.165, 1.54) is 13.2 Å².